The van der Waals surface area contributed by atoms with E-state index in [1.165, 1.54) is 0 Å². The summed E-state index contributed by atoms with van der Waals surface area (Å²) in [4.78, 5) is 10.7. The molecule has 1 unspecified atom stereocenters. The molecule has 1 aromatic carbocycles. The first-order chi connectivity index (χ1) is 6.91. The van der Waals surface area contributed by atoms with E-state index in [1.54, 1.807) is 6.92 Å². The fourth-order valence-corrected chi connectivity index (χ4v) is 1.24. The number of hydrogen-bond acceptors (Lipinski definition) is 1. The number of anilines is 1. The van der Waals surface area contributed by atoms with Gasteiger partial charge in [-0.2, -0.15) is 0 Å². The third kappa shape index (κ3) is 3.14. The number of amides is 1. The summed E-state index contributed by atoms with van der Waals surface area (Å²) in [5.74, 6) is -2.15. The molecule has 0 spiro atoms. The van der Waals surface area contributed by atoms with Crippen molar-refractivity contribution in [2.24, 2.45) is 0 Å². The molecule has 82 valence electrons. The van der Waals surface area contributed by atoms with Crippen LogP contribution in [0.2, 0.25) is 5.02 Å². The van der Waals surface area contributed by atoms with E-state index < -0.39 is 22.4 Å². The molecule has 1 atom stereocenters. The molecule has 0 radical (unpaired) electrons. The number of alkyl halides is 1. The molecule has 6 heteroatoms. The number of halogens is 4. The molecule has 1 amide bonds. The molecule has 0 aliphatic rings. The highest BCUT2D eigenvalue weighted by molar-refractivity contribution is 9.10. The number of carbonyl (C=O) groups is 1. The standard InChI is InChI=1S/C9H7BrClF2NO/c1-4(10)9(15)14-8-6(11)2-5(12)3-7(8)13/h2-4H,1H3,(H,14,15). The van der Waals surface area contributed by atoms with Crippen molar-refractivity contribution in [3.8, 4) is 0 Å². The van der Waals surface area contributed by atoms with Crippen molar-refractivity contribution in [1.29, 1.82) is 0 Å². The summed E-state index contributed by atoms with van der Waals surface area (Å²) in [6.07, 6.45) is 0. The summed E-state index contributed by atoms with van der Waals surface area (Å²) < 4.78 is 25.8. The van der Waals surface area contributed by atoms with Gasteiger partial charge >= 0.3 is 0 Å². The first-order valence-electron chi connectivity index (χ1n) is 4.01. The SMILES string of the molecule is CC(Br)C(=O)Nc1c(F)cc(F)cc1Cl. The van der Waals surface area contributed by atoms with Gasteiger partial charge in [-0.25, -0.2) is 8.78 Å². The maximum atomic E-state index is 13.2. The van der Waals surface area contributed by atoms with Crippen molar-refractivity contribution in [3.05, 3.63) is 28.8 Å². The lowest BCUT2D eigenvalue weighted by Gasteiger charge is -2.09. The van der Waals surface area contributed by atoms with Gasteiger partial charge in [-0.1, -0.05) is 27.5 Å². The lowest BCUT2D eigenvalue weighted by atomic mass is 10.3. The Bertz CT molecular complexity index is 375. The van der Waals surface area contributed by atoms with E-state index in [-0.39, 0.29) is 10.7 Å². The third-order valence-corrected chi connectivity index (χ3v) is 2.33. The van der Waals surface area contributed by atoms with Crippen LogP contribution in [0.1, 0.15) is 6.92 Å². The van der Waals surface area contributed by atoms with Gasteiger partial charge in [0.05, 0.1) is 15.5 Å². The van der Waals surface area contributed by atoms with Crippen LogP contribution in [0, 0.1) is 11.6 Å². The molecule has 0 bridgehead atoms. The lowest BCUT2D eigenvalue weighted by molar-refractivity contribution is -0.115. The zero-order valence-corrected chi connectivity index (χ0v) is 9.99. The molecule has 0 aliphatic heterocycles. The Morgan fingerprint density at radius 3 is 2.60 bits per heavy atom. The van der Waals surface area contributed by atoms with Crippen LogP contribution in [-0.2, 0) is 4.79 Å². The van der Waals surface area contributed by atoms with Gasteiger partial charge in [-0.05, 0) is 13.0 Å². The molecule has 15 heavy (non-hydrogen) atoms. The number of carbonyl (C=O) groups excluding carboxylic acids is 1. The second kappa shape index (κ2) is 4.90. The van der Waals surface area contributed by atoms with E-state index in [9.17, 15) is 13.6 Å². The zero-order valence-electron chi connectivity index (χ0n) is 7.65. The summed E-state index contributed by atoms with van der Waals surface area (Å²) in [7, 11) is 0. The number of nitrogens with one attached hydrogen (secondary N) is 1. The predicted octanol–water partition coefficient (Wildman–Crippen LogP) is 3.34. The zero-order chi connectivity index (χ0) is 11.6. The molecule has 0 saturated carbocycles. The normalized spacial score (nSPS) is 12.3. The first kappa shape index (κ1) is 12.4. The summed E-state index contributed by atoms with van der Waals surface area (Å²) >= 11 is 8.58. The smallest absolute Gasteiger partial charge is 0.237 e. The molecule has 1 aromatic rings. The second-order valence-electron chi connectivity index (χ2n) is 2.85. The lowest BCUT2D eigenvalue weighted by Crippen LogP contribution is -2.20. The van der Waals surface area contributed by atoms with Crippen molar-refractivity contribution in [1.82, 2.24) is 0 Å². The van der Waals surface area contributed by atoms with Crippen LogP contribution in [-0.4, -0.2) is 10.7 Å². The van der Waals surface area contributed by atoms with Gasteiger partial charge in [0.15, 0.2) is 5.82 Å². The maximum Gasteiger partial charge on any atom is 0.237 e. The first-order valence-corrected chi connectivity index (χ1v) is 5.30. The number of hydrogen-bond donors (Lipinski definition) is 1. The molecular formula is C9H7BrClF2NO. The van der Waals surface area contributed by atoms with Crippen LogP contribution < -0.4 is 5.32 Å². The van der Waals surface area contributed by atoms with Crippen LogP contribution in [0.3, 0.4) is 0 Å². The average molecular weight is 299 g/mol. The third-order valence-electron chi connectivity index (χ3n) is 1.62. The minimum absolute atomic E-state index is 0.172. The van der Waals surface area contributed by atoms with E-state index in [0.717, 1.165) is 6.07 Å². The fraction of sp³-hybridized carbons (Fsp3) is 0.222. The van der Waals surface area contributed by atoms with Crippen molar-refractivity contribution in [2.45, 2.75) is 11.8 Å². The van der Waals surface area contributed by atoms with Crippen molar-refractivity contribution in [3.63, 3.8) is 0 Å². The minimum Gasteiger partial charge on any atom is -0.321 e. The molecule has 0 fully saturated rings. The maximum absolute atomic E-state index is 13.2. The van der Waals surface area contributed by atoms with E-state index >= 15 is 0 Å². The van der Waals surface area contributed by atoms with E-state index in [0.29, 0.717) is 6.07 Å². The summed E-state index contributed by atoms with van der Waals surface area (Å²) in [6, 6.07) is 1.58. The minimum atomic E-state index is -0.901. The Balaban J connectivity index is 3.00. The predicted molar refractivity (Wildman–Crippen MR) is 58.4 cm³/mol. The summed E-state index contributed by atoms with van der Waals surface area (Å²) in [5, 5.41) is 2.07. The largest absolute Gasteiger partial charge is 0.321 e. The Morgan fingerprint density at radius 2 is 2.13 bits per heavy atom. The van der Waals surface area contributed by atoms with Gasteiger partial charge in [0.25, 0.3) is 0 Å². The highest BCUT2D eigenvalue weighted by atomic mass is 79.9. The van der Waals surface area contributed by atoms with Crippen LogP contribution in [0.5, 0.6) is 0 Å². The molecule has 0 aliphatic carbocycles. The summed E-state index contributed by atoms with van der Waals surface area (Å²) in [5.41, 5.74) is -0.214. The van der Waals surface area contributed by atoms with Crippen LogP contribution >= 0.6 is 27.5 Å². The fourth-order valence-electron chi connectivity index (χ4n) is 0.884. The molecule has 0 saturated heterocycles. The highest BCUT2D eigenvalue weighted by Crippen LogP contribution is 2.26. The molecule has 0 heterocycles. The Morgan fingerprint density at radius 1 is 1.53 bits per heavy atom. The second-order valence-corrected chi connectivity index (χ2v) is 4.63. The van der Waals surface area contributed by atoms with Crippen LogP contribution in [0.4, 0.5) is 14.5 Å². The van der Waals surface area contributed by atoms with Gasteiger partial charge in [0.1, 0.15) is 5.82 Å². The van der Waals surface area contributed by atoms with E-state index in [2.05, 4.69) is 21.2 Å². The Labute approximate surface area is 98.7 Å². The molecule has 0 aromatic heterocycles. The molecule has 1 N–H and O–H groups in total. The van der Waals surface area contributed by atoms with E-state index in [1.807, 2.05) is 0 Å². The molecular weight excluding hydrogens is 291 g/mol. The molecule has 2 nitrogen and oxygen atoms in total. The highest BCUT2D eigenvalue weighted by Gasteiger charge is 2.15. The van der Waals surface area contributed by atoms with Gasteiger partial charge in [-0.3, -0.25) is 4.79 Å². The van der Waals surface area contributed by atoms with Crippen LogP contribution in [0.25, 0.3) is 0 Å². The van der Waals surface area contributed by atoms with Crippen molar-refractivity contribution >= 4 is 39.1 Å². The van der Waals surface area contributed by atoms with Gasteiger partial charge < -0.3 is 5.32 Å². The number of rotatable bonds is 2. The quantitative estimate of drug-likeness (QED) is 0.834. The summed E-state index contributed by atoms with van der Waals surface area (Å²) in [6.45, 7) is 1.57. The Kier molecular flexibility index (Phi) is 4.04. The average Bonchev–Trinajstić information content (AvgIpc) is 2.10. The van der Waals surface area contributed by atoms with Crippen molar-refractivity contribution in [2.75, 3.05) is 5.32 Å². The van der Waals surface area contributed by atoms with E-state index in [4.69, 9.17) is 11.6 Å². The van der Waals surface area contributed by atoms with Crippen molar-refractivity contribution < 1.29 is 13.6 Å². The van der Waals surface area contributed by atoms with Crippen LogP contribution in [0.15, 0.2) is 12.1 Å². The number of benzene rings is 1. The molecule has 1 rings (SSSR count). The Hall–Kier alpha value is -0.680. The van der Waals surface area contributed by atoms with Gasteiger partial charge in [0.2, 0.25) is 5.91 Å². The van der Waals surface area contributed by atoms with Gasteiger partial charge in [0, 0.05) is 6.07 Å². The topological polar surface area (TPSA) is 29.1 Å². The van der Waals surface area contributed by atoms with Gasteiger partial charge in [-0.15, -0.1) is 0 Å². The monoisotopic (exact) mass is 297 g/mol.